The number of nitrogens with one attached hydrogen (secondary N) is 2. The molecule has 0 atom stereocenters. The van der Waals surface area contributed by atoms with Gasteiger partial charge < -0.3 is 5.32 Å². The normalized spacial score (nSPS) is 11.3. The largest absolute Gasteiger partial charge is 0.321 e. The molecule has 0 radical (unpaired) electrons. The fourth-order valence-corrected chi connectivity index (χ4v) is 5.00. The number of hydrogen-bond acceptors (Lipinski definition) is 5. The smallest absolute Gasteiger partial charge is 0.267 e. The van der Waals surface area contributed by atoms with Crippen LogP contribution in [0.25, 0.3) is 0 Å². The van der Waals surface area contributed by atoms with Gasteiger partial charge in [-0.1, -0.05) is 35.1 Å². The second-order valence-electron chi connectivity index (χ2n) is 6.27. The molecule has 0 aliphatic rings. The third kappa shape index (κ3) is 4.37. The molecule has 0 aliphatic heterocycles. The van der Waals surface area contributed by atoms with E-state index in [1.54, 1.807) is 32.0 Å². The van der Waals surface area contributed by atoms with Gasteiger partial charge in [0.1, 0.15) is 10.7 Å². The molecule has 3 aromatic rings. The van der Waals surface area contributed by atoms with Crippen molar-refractivity contribution in [1.29, 1.82) is 0 Å². The zero-order valence-electron chi connectivity index (χ0n) is 15.4. The second-order valence-corrected chi connectivity index (χ2v) is 8.92. The number of rotatable bonds is 5. The third-order valence-corrected chi connectivity index (χ3v) is 6.63. The Kier molecular flexibility index (Phi) is 5.48. The zero-order valence-corrected chi connectivity index (χ0v) is 17.0. The van der Waals surface area contributed by atoms with E-state index >= 15 is 0 Å². The van der Waals surface area contributed by atoms with Crippen LogP contribution in [0.5, 0.6) is 0 Å². The van der Waals surface area contributed by atoms with Crippen molar-refractivity contribution < 1.29 is 17.6 Å². The summed E-state index contributed by atoms with van der Waals surface area (Å²) in [6, 6.07) is 10.5. The van der Waals surface area contributed by atoms with Gasteiger partial charge in [-0.25, -0.2) is 17.8 Å². The van der Waals surface area contributed by atoms with Crippen molar-refractivity contribution in [2.75, 3.05) is 10.0 Å². The number of carbonyl (C=O) groups is 1. The number of carbonyl (C=O) groups excluding carboxylic acids is 1. The first-order valence-corrected chi connectivity index (χ1v) is 10.6. The lowest BCUT2D eigenvalue weighted by Gasteiger charge is -2.08. The van der Waals surface area contributed by atoms with E-state index in [1.165, 1.54) is 24.3 Å². The standard InChI is InChI=1S/C19H18FN3O3S2/c1-11-7-8-16(12(2)9-11)28(25,26)23-19-21-13(3)17(27-19)18(24)22-15-6-4-5-14(20)10-15/h4-10H,1-3H3,(H,21,23)(H,22,24). The highest BCUT2D eigenvalue weighted by molar-refractivity contribution is 7.93. The molecule has 28 heavy (non-hydrogen) atoms. The lowest BCUT2D eigenvalue weighted by Crippen LogP contribution is -2.14. The van der Waals surface area contributed by atoms with E-state index in [-0.39, 0.29) is 14.9 Å². The van der Waals surface area contributed by atoms with Gasteiger partial charge in [0, 0.05) is 5.69 Å². The molecule has 1 amide bonds. The molecule has 6 nitrogen and oxygen atoms in total. The van der Waals surface area contributed by atoms with E-state index in [0.717, 1.165) is 16.9 Å². The molecule has 146 valence electrons. The van der Waals surface area contributed by atoms with Crippen molar-refractivity contribution in [1.82, 2.24) is 4.98 Å². The number of benzene rings is 2. The molecule has 3 rings (SSSR count). The Morgan fingerprint density at radius 1 is 1.11 bits per heavy atom. The SMILES string of the molecule is Cc1ccc(S(=O)(=O)Nc2nc(C)c(C(=O)Nc3cccc(F)c3)s2)c(C)c1. The topological polar surface area (TPSA) is 88.2 Å². The summed E-state index contributed by atoms with van der Waals surface area (Å²) >= 11 is 0.914. The maximum absolute atomic E-state index is 13.3. The Labute approximate surface area is 166 Å². The van der Waals surface area contributed by atoms with E-state index in [9.17, 15) is 17.6 Å². The third-order valence-electron chi connectivity index (χ3n) is 3.93. The molecular weight excluding hydrogens is 401 g/mol. The number of halogens is 1. The fourth-order valence-electron chi connectivity index (χ4n) is 2.68. The van der Waals surface area contributed by atoms with Gasteiger partial charge >= 0.3 is 0 Å². The lowest BCUT2D eigenvalue weighted by molar-refractivity contribution is 0.103. The summed E-state index contributed by atoms with van der Waals surface area (Å²) in [5, 5.41) is 2.66. The van der Waals surface area contributed by atoms with Crippen molar-refractivity contribution in [2.24, 2.45) is 0 Å². The van der Waals surface area contributed by atoms with E-state index in [0.29, 0.717) is 16.9 Å². The molecule has 1 heterocycles. The van der Waals surface area contributed by atoms with Crippen LogP contribution in [0.4, 0.5) is 15.2 Å². The van der Waals surface area contributed by atoms with Gasteiger partial charge in [0.2, 0.25) is 0 Å². The quantitative estimate of drug-likeness (QED) is 0.647. The zero-order chi connectivity index (χ0) is 20.5. The number of anilines is 2. The van der Waals surface area contributed by atoms with Crippen LogP contribution in [-0.2, 0) is 10.0 Å². The molecule has 0 saturated heterocycles. The molecule has 0 spiro atoms. The van der Waals surface area contributed by atoms with Crippen molar-refractivity contribution >= 4 is 38.1 Å². The van der Waals surface area contributed by atoms with E-state index in [4.69, 9.17) is 0 Å². The number of thiazole rings is 1. The number of aromatic nitrogens is 1. The van der Waals surface area contributed by atoms with Gasteiger partial charge in [0.05, 0.1) is 10.6 Å². The maximum atomic E-state index is 13.3. The average molecular weight is 420 g/mol. The molecule has 1 aromatic heterocycles. The van der Waals surface area contributed by atoms with Gasteiger partial charge in [-0.2, -0.15) is 0 Å². The monoisotopic (exact) mass is 419 g/mol. The fraction of sp³-hybridized carbons (Fsp3) is 0.158. The van der Waals surface area contributed by atoms with Crippen LogP contribution in [0, 0.1) is 26.6 Å². The Bertz CT molecular complexity index is 1160. The Balaban J connectivity index is 1.82. The van der Waals surface area contributed by atoms with Crippen LogP contribution in [0.3, 0.4) is 0 Å². The lowest BCUT2D eigenvalue weighted by atomic mass is 10.2. The van der Waals surface area contributed by atoms with Gasteiger partial charge in [-0.05, 0) is 50.6 Å². The maximum Gasteiger partial charge on any atom is 0.267 e. The highest BCUT2D eigenvalue weighted by atomic mass is 32.2. The van der Waals surface area contributed by atoms with E-state index in [2.05, 4.69) is 15.0 Å². The number of amides is 1. The van der Waals surface area contributed by atoms with E-state index in [1.807, 2.05) is 6.92 Å². The number of sulfonamides is 1. The first-order valence-electron chi connectivity index (χ1n) is 8.30. The van der Waals surface area contributed by atoms with Crippen molar-refractivity contribution in [2.45, 2.75) is 25.7 Å². The molecule has 9 heteroatoms. The van der Waals surface area contributed by atoms with Crippen molar-refractivity contribution in [3.63, 3.8) is 0 Å². The number of nitrogens with zero attached hydrogens (tertiary/aromatic N) is 1. The molecular formula is C19H18FN3O3S2. The Hall–Kier alpha value is -2.78. The minimum Gasteiger partial charge on any atom is -0.321 e. The molecule has 0 unspecified atom stereocenters. The van der Waals surface area contributed by atoms with Crippen molar-refractivity contribution in [3.8, 4) is 0 Å². The highest BCUT2D eigenvalue weighted by Gasteiger charge is 2.21. The van der Waals surface area contributed by atoms with Crippen molar-refractivity contribution in [3.05, 3.63) is 70.0 Å². The van der Waals surface area contributed by atoms with Gasteiger partial charge in [-0.15, -0.1) is 0 Å². The summed E-state index contributed by atoms with van der Waals surface area (Å²) in [6.07, 6.45) is 0. The van der Waals surface area contributed by atoms with Crippen LogP contribution in [0.2, 0.25) is 0 Å². The van der Waals surface area contributed by atoms with Gasteiger partial charge in [0.15, 0.2) is 5.13 Å². The summed E-state index contributed by atoms with van der Waals surface area (Å²) in [4.78, 5) is 17.0. The predicted octanol–water partition coefficient (Wildman–Crippen LogP) is 4.26. The van der Waals surface area contributed by atoms with Crippen LogP contribution in [-0.4, -0.2) is 19.3 Å². The molecule has 2 aromatic carbocycles. The van der Waals surface area contributed by atoms with Crippen LogP contribution >= 0.6 is 11.3 Å². The summed E-state index contributed by atoms with van der Waals surface area (Å²) in [5.74, 6) is -0.960. The molecule has 0 aliphatic carbocycles. The first-order chi connectivity index (χ1) is 13.2. The number of aryl methyl sites for hydroxylation is 3. The van der Waals surface area contributed by atoms with Crippen LogP contribution < -0.4 is 10.0 Å². The predicted molar refractivity (Wildman–Crippen MR) is 108 cm³/mol. The molecule has 2 N–H and O–H groups in total. The van der Waals surface area contributed by atoms with E-state index < -0.39 is 21.7 Å². The second kappa shape index (κ2) is 7.69. The first kappa shape index (κ1) is 20.0. The van der Waals surface area contributed by atoms with Crippen LogP contribution in [0.15, 0.2) is 47.4 Å². The minimum atomic E-state index is -3.84. The van der Waals surface area contributed by atoms with Gasteiger partial charge in [0.25, 0.3) is 15.9 Å². The minimum absolute atomic E-state index is 0.0851. The summed E-state index contributed by atoms with van der Waals surface area (Å²) < 4.78 is 41.0. The summed E-state index contributed by atoms with van der Waals surface area (Å²) in [6.45, 7) is 5.20. The molecule has 0 saturated carbocycles. The molecule has 0 fully saturated rings. The number of hydrogen-bond donors (Lipinski definition) is 2. The Morgan fingerprint density at radius 3 is 2.54 bits per heavy atom. The Morgan fingerprint density at radius 2 is 1.86 bits per heavy atom. The van der Waals surface area contributed by atoms with Gasteiger partial charge in [-0.3, -0.25) is 9.52 Å². The van der Waals surface area contributed by atoms with Crippen LogP contribution in [0.1, 0.15) is 26.5 Å². The highest BCUT2D eigenvalue weighted by Crippen LogP contribution is 2.27. The average Bonchev–Trinajstić information content (AvgIpc) is 2.94. The summed E-state index contributed by atoms with van der Waals surface area (Å²) in [5.41, 5.74) is 2.25. The summed E-state index contributed by atoms with van der Waals surface area (Å²) in [7, 11) is -3.84. The molecule has 0 bridgehead atoms.